The Morgan fingerprint density at radius 1 is 1.50 bits per heavy atom. The van der Waals surface area contributed by atoms with Crippen LogP contribution in [0.4, 0.5) is 0 Å². The van der Waals surface area contributed by atoms with Crippen LogP contribution in [0.25, 0.3) is 10.7 Å². The highest BCUT2D eigenvalue weighted by molar-refractivity contribution is 7.16. The van der Waals surface area contributed by atoms with Crippen LogP contribution in [0, 0.1) is 0 Å². The van der Waals surface area contributed by atoms with Gasteiger partial charge in [-0.3, -0.25) is 0 Å². The lowest BCUT2D eigenvalue weighted by atomic mass is 10.3. The molecule has 0 unspecified atom stereocenters. The van der Waals surface area contributed by atoms with Gasteiger partial charge in [-0.1, -0.05) is 0 Å². The van der Waals surface area contributed by atoms with E-state index in [-0.39, 0.29) is 10.9 Å². The Morgan fingerprint density at radius 3 is 2.81 bits per heavy atom. The van der Waals surface area contributed by atoms with E-state index in [0.29, 0.717) is 5.01 Å². The maximum atomic E-state index is 10.8. The van der Waals surface area contributed by atoms with E-state index < -0.39 is 5.97 Å². The lowest BCUT2D eigenvalue weighted by Crippen LogP contribution is -2.00. The van der Waals surface area contributed by atoms with Gasteiger partial charge in [-0.05, 0) is 13.8 Å². The molecule has 0 amide bonds. The van der Waals surface area contributed by atoms with Crippen LogP contribution in [-0.4, -0.2) is 25.6 Å². The number of aromatic carboxylic acids is 1. The predicted molar refractivity (Wildman–Crippen MR) is 60.7 cm³/mol. The lowest BCUT2D eigenvalue weighted by molar-refractivity contribution is 0.0702. The zero-order chi connectivity index (χ0) is 11.7. The number of carbonyl (C=O) groups is 1. The molecule has 0 aliphatic rings. The van der Waals surface area contributed by atoms with Crippen molar-refractivity contribution in [1.82, 2.24) is 14.5 Å². The molecular formula is C10H11N3O2S. The van der Waals surface area contributed by atoms with E-state index in [4.69, 9.17) is 5.11 Å². The molecule has 0 saturated heterocycles. The van der Waals surface area contributed by atoms with E-state index in [1.165, 1.54) is 6.20 Å². The first-order valence-corrected chi connectivity index (χ1v) is 5.62. The van der Waals surface area contributed by atoms with E-state index >= 15 is 0 Å². The Labute approximate surface area is 96.4 Å². The third-order valence-corrected chi connectivity index (χ3v) is 3.17. The Bertz CT molecular complexity index is 516. The third kappa shape index (κ3) is 1.83. The summed E-state index contributed by atoms with van der Waals surface area (Å²) in [5.74, 6) is -0.945. The van der Waals surface area contributed by atoms with Gasteiger partial charge in [0.05, 0.1) is 24.4 Å². The highest BCUT2D eigenvalue weighted by Gasteiger charge is 2.14. The monoisotopic (exact) mass is 237 g/mol. The van der Waals surface area contributed by atoms with Crippen LogP contribution in [0.5, 0.6) is 0 Å². The number of hydrogen-bond acceptors (Lipinski definition) is 4. The Hall–Kier alpha value is -1.69. The lowest BCUT2D eigenvalue weighted by Gasteiger charge is -2.09. The summed E-state index contributed by atoms with van der Waals surface area (Å²) in [6.07, 6.45) is 4.80. The fourth-order valence-corrected chi connectivity index (χ4v) is 2.14. The predicted octanol–water partition coefficient (Wildman–Crippen LogP) is 2.29. The molecule has 0 radical (unpaired) electrons. The first-order chi connectivity index (χ1) is 7.59. The second-order valence-electron chi connectivity index (χ2n) is 3.61. The van der Waals surface area contributed by atoms with Crippen molar-refractivity contribution in [1.29, 1.82) is 0 Å². The second kappa shape index (κ2) is 4.05. The van der Waals surface area contributed by atoms with Crippen molar-refractivity contribution < 1.29 is 9.90 Å². The molecule has 16 heavy (non-hydrogen) atoms. The van der Waals surface area contributed by atoms with Crippen LogP contribution in [0.1, 0.15) is 29.6 Å². The van der Waals surface area contributed by atoms with Crippen molar-refractivity contribution in [3.63, 3.8) is 0 Å². The highest BCUT2D eigenvalue weighted by atomic mass is 32.1. The minimum absolute atomic E-state index is 0.242. The Balaban J connectivity index is 2.42. The molecule has 5 nitrogen and oxygen atoms in total. The van der Waals surface area contributed by atoms with Crippen molar-refractivity contribution in [2.45, 2.75) is 19.9 Å². The standard InChI is InChI=1S/C10H11N3O2S/c1-6(2)13-5-11-3-7(13)9-12-4-8(16-9)10(14)15/h3-6H,1-2H3,(H,14,15). The number of carboxylic acid groups (broad SMARTS) is 1. The van der Waals surface area contributed by atoms with Crippen LogP contribution in [-0.2, 0) is 0 Å². The molecule has 0 aliphatic carbocycles. The summed E-state index contributed by atoms with van der Waals surface area (Å²) >= 11 is 1.16. The van der Waals surface area contributed by atoms with E-state index in [9.17, 15) is 4.79 Å². The number of rotatable bonds is 3. The molecule has 0 aliphatic heterocycles. The Morgan fingerprint density at radius 2 is 2.25 bits per heavy atom. The van der Waals surface area contributed by atoms with Crippen molar-refractivity contribution in [2.24, 2.45) is 0 Å². The molecule has 0 spiro atoms. The maximum Gasteiger partial charge on any atom is 0.347 e. The van der Waals surface area contributed by atoms with Crippen LogP contribution in [0.2, 0.25) is 0 Å². The van der Waals surface area contributed by atoms with E-state index in [0.717, 1.165) is 17.0 Å². The molecule has 0 aromatic carbocycles. The molecule has 2 rings (SSSR count). The smallest absolute Gasteiger partial charge is 0.347 e. The van der Waals surface area contributed by atoms with Gasteiger partial charge in [-0.2, -0.15) is 0 Å². The minimum Gasteiger partial charge on any atom is -0.477 e. The number of imidazole rings is 1. The third-order valence-electron chi connectivity index (χ3n) is 2.16. The molecule has 84 valence electrons. The summed E-state index contributed by atoms with van der Waals surface area (Å²) < 4.78 is 1.96. The van der Waals surface area contributed by atoms with E-state index in [1.807, 2.05) is 18.4 Å². The summed E-state index contributed by atoms with van der Waals surface area (Å²) in [7, 11) is 0. The zero-order valence-corrected chi connectivity index (χ0v) is 9.73. The fourth-order valence-electron chi connectivity index (χ4n) is 1.37. The van der Waals surface area contributed by atoms with Crippen LogP contribution >= 0.6 is 11.3 Å². The fraction of sp³-hybridized carbons (Fsp3) is 0.300. The molecule has 0 fully saturated rings. The van der Waals surface area contributed by atoms with Gasteiger partial charge in [0, 0.05) is 6.04 Å². The summed E-state index contributed by atoms with van der Waals surface area (Å²) in [6.45, 7) is 4.08. The van der Waals surface area contributed by atoms with Crippen LogP contribution < -0.4 is 0 Å². The Kier molecular flexibility index (Phi) is 2.74. The summed E-state index contributed by atoms with van der Waals surface area (Å²) in [5, 5.41) is 9.51. The molecule has 0 saturated carbocycles. The van der Waals surface area contributed by atoms with Crippen molar-refractivity contribution >= 4 is 17.3 Å². The molecule has 2 aromatic heterocycles. The zero-order valence-electron chi connectivity index (χ0n) is 8.91. The van der Waals surface area contributed by atoms with Gasteiger partial charge >= 0.3 is 5.97 Å². The second-order valence-corrected chi connectivity index (χ2v) is 4.65. The number of carboxylic acids is 1. The average molecular weight is 237 g/mol. The quantitative estimate of drug-likeness (QED) is 0.889. The molecule has 6 heteroatoms. The molecule has 0 atom stereocenters. The van der Waals surface area contributed by atoms with Gasteiger partial charge in [0.15, 0.2) is 0 Å². The minimum atomic E-state index is -0.945. The first kappa shape index (κ1) is 10.8. The normalized spacial score (nSPS) is 10.9. The van der Waals surface area contributed by atoms with Crippen molar-refractivity contribution in [3.05, 3.63) is 23.6 Å². The number of thiazole rings is 1. The molecular weight excluding hydrogens is 226 g/mol. The van der Waals surface area contributed by atoms with Gasteiger partial charge in [0.1, 0.15) is 9.88 Å². The van der Waals surface area contributed by atoms with Gasteiger partial charge in [0.2, 0.25) is 0 Å². The number of hydrogen-bond donors (Lipinski definition) is 1. The van der Waals surface area contributed by atoms with Crippen LogP contribution in [0.15, 0.2) is 18.7 Å². The maximum absolute atomic E-state index is 10.8. The molecule has 2 heterocycles. The number of aromatic nitrogens is 3. The van der Waals surface area contributed by atoms with Crippen molar-refractivity contribution in [2.75, 3.05) is 0 Å². The van der Waals surface area contributed by atoms with Gasteiger partial charge in [0.25, 0.3) is 0 Å². The topological polar surface area (TPSA) is 68.0 Å². The van der Waals surface area contributed by atoms with Crippen molar-refractivity contribution in [3.8, 4) is 10.7 Å². The summed E-state index contributed by atoms with van der Waals surface area (Å²) in [4.78, 5) is 19.1. The van der Waals surface area contributed by atoms with E-state index in [1.54, 1.807) is 12.5 Å². The highest BCUT2D eigenvalue weighted by Crippen LogP contribution is 2.26. The first-order valence-electron chi connectivity index (χ1n) is 4.81. The van der Waals surface area contributed by atoms with E-state index in [2.05, 4.69) is 9.97 Å². The summed E-state index contributed by atoms with van der Waals surface area (Å²) in [6, 6.07) is 0.273. The number of nitrogens with zero attached hydrogens (tertiary/aromatic N) is 3. The SMILES string of the molecule is CC(C)n1cncc1-c1ncc(C(=O)O)s1. The van der Waals surface area contributed by atoms with Gasteiger partial charge < -0.3 is 9.67 Å². The largest absolute Gasteiger partial charge is 0.477 e. The average Bonchev–Trinajstić information content (AvgIpc) is 2.86. The van der Waals surface area contributed by atoms with Gasteiger partial charge in [-0.25, -0.2) is 14.8 Å². The molecule has 1 N–H and O–H groups in total. The summed E-state index contributed by atoms with van der Waals surface area (Å²) in [5.41, 5.74) is 0.854. The van der Waals surface area contributed by atoms with Gasteiger partial charge in [-0.15, -0.1) is 11.3 Å². The molecule has 0 bridgehead atoms. The van der Waals surface area contributed by atoms with Crippen LogP contribution in [0.3, 0.4) is 0 Å². The molecule has 2 aromatic rings.